The zero-order valence-electron chi connectivity index (χ0n) is 8.24. The third-order valence-electron chi connectivity index (χ3n) is 2.27. The lowest BCUT2D eigenvalue weighted by Crippen LogP contribution is -2.05. The summed E-state index contributed by atoms with van der Waals surface area (Å²) in [6.45, 7) is 3.63. The molecule has 1 aromatic carbocycles. The van der Waals surface area contributed by atoms with Crippen molar-refractivity contribution >= 4 is 6.20 Å². The first kappa shape index (κ1) is 9.68. The Balaban J connectivity index is 2.36. The second kappa shape index (κ2) is 4.11. The summed E-state index contributed by atoms with van der Waals surface area (Å²) in [6.07, 6.45) is 2.55. The Hall–Kier alpha value is -1.87. The number of hydrogen-bond donors (Lipinski definition) is 1. The summed E-state index contributed by atoms with van der Waals surface area (Å²) in [7, 11) is 0. The lowest BCUT2D eigenvalue weighted by atomic mass is 10.1. The largest absolute Gasteiger partial charge is 0.382 e. The smallest absolute Gasteiger partial charge is 0.121 e. The van der Waals surface area contributed by atoms with Crippen LogP contribution in [0, 0.1) is 0 Å². The molecule has 0 saturated heterocycles. The molecule has 3 nitrogen and oxygen atoms in total. The Labute approximate surface area is 88.3 Å². The highest BCUT2D eigenvalue weighted by Gasteiger charge is 2.13. The topological polar surface area (TPSA) is 38.0 Å². The fourth-order valence-corrected chi connectivity index (χ4v) is 1.50. The fourth-order valence-electron chi connectivity index (χ4n) is 1.50. The lowest BCUT2D eigenvalue weighted by Gasteiger charge is -2.10. The van der Waals surface area contributed by atoms with Gasteiger partial charge >= 0.3 is 0 Å². The monoisotopic (exact) mass is 200 g/mol. The van der Waals surface area contributed by atoms with Gasteiger partial charge in [0.1, 0.15) is 6.10 Å². The molecule has 3 heteroatoms. The van der Waals surface area contributed by atoms with E-state index in [0.29, 0.717) is 0 Å². The van der Waals surface area contributed by atoms with Crippen LogP contribution in [0.25, 0.3) is 6.20 Å². The quantitative estimate of drug-likeness (QED) is 0.823. The third-order valence-corrected chi connectivity index (χ3v) is 2.27. The molecule has 0 aliphatic rings. The van der Waals surface area contributed by atoms with Gasteiger partial charge in [-0.25, -0.2) is 4.68 Å². The second-order valence-corrected chi connectivity index (χ2v) is 3.20. The van der Waals surface area contributed by atoms with E-state index in [-0.39, 0.29) is 0 Å². The van der Waals surface area contributed by atoms with Crippen LogP contribution in [0.15, 0.2) is 49.2 Å². The van der Waals surface area contributed by atoms with E-state index in [1.807, 2.05) is 30.3 Å². The Morgan fingerprint density at radius 2 is 2.00 bits per heavy atom. The first-order valence-electron chi connectivity index (χ1n) is 4.72. The number of aliphatic hydroxyl groups is 1. The third kappa shape index (κ3) is 1.82. The molecule has 1 aromatic heterocycles. The highest BCUT2D eigenvalue weighted by Crippen LogP contribution is 2.20. The Bertz CT molecular complexity index is 448. The molecule has 1 atom stereocenters. The first-order chi connectivity index (χ1) is 7.33. The summed E-state index contributed by atoms with van der Waals surface area (Å²) < 4.78 is 1.57. The van der Waals surface area contributed by atoms with E-state index < -0.39 is 6.10 Å². The molecule has 0 radical (unpaired) electrons. The average Bonchev–Trinajstić information content (AvgIpc) is 2.77. The van der Waals surface area contributed by atoms with Gasteiger partial charge < -0.3 is 5.11 Å². The second-order valence-electron chi connectivity index (χ2n) is 3.20. The summed E-state index contributed by atoms with van der Waals surface area (Å²) in [5.74, 6) is 0. The van der Waals surface area contributed by atoms with E-state index in [1.165, 1.54) is 0 Å². The van der Waals surface area contributed by atoms with Gasteiger partial charge in [0.25, 0.3) is 0 Å². The van der Waals surface area contributed by atoms with Gasteiger partial charge in [-0.2, -0.15) is 5.10 Å². The maximum Gasteiger partial charge on any atom is 0.121 e. The van der Waals surface area contributed by atoms with E-state index in [0.717, 1.165) is 11.3 Å². The zero-order chi connectivity index (χ0) is 10.7. The zero-order valence-corrected chi connectivity index (χ0v) is 8.24. The van der Waals surface area contributed by atoms with Crippen LogP contribution < -0.4 is 0 Å². The highest BCUT2D eigenvalue weighted by molar-refractivity contribution is 5.29. The van der Waals surface area contributed by atoms with Gasteiger partial charge in [0, 0.05) is 12.4 Å². The SMILES string of the molecule is C=Cn1nccc1C(O)c1ccccc1. The van der Waals surface area contributed by atoms with E-state index in [2.05, 4.69) is 11.7 Å². The molecule has 2 aromatic rings. The minimum absolute atomic E-state index is 0.660. The van der Waals surface area contributed by atoms with Crippen molar-refractivity contribution in [1.82, 2.24) is 9.78 Å². The van der Waals surface area contributed by atoms with Crippen molar-refractivity contribution in [3.8, 4) is 0 Å². The molecule has 0 bridgehead atoms. The molecule has 0 aliphatic carbocycles. The van der Waals surface area contributed by atoms with Gasteiger partial charge in [-0.15, -0.1) is 0 Å². The van der Waals surface area contributed by atoms with Crippen LogP contribution in [0.5, 0.6) is 0 Å². The van der Waals surface area contributed by atoms with Crippen molar-refractivity contribution in [3.63, 3.8) is 0 Å². The summed E-state index contributed by atoms with van der Waals surface area (Å²) >= 11 is 0. The van der Waals surface area contributed by atoms with Gasteiger partial charge in [0.05, 0.1) is 5.69 Å². The fraction of sp³-hybridized carbons (Fsp3) is 0.0833. The predicted octanol–water partition coefficient (Wildman–Crippen LogP) is 2.07. The Morgan fingerprint density at radius 1 is 1.27 bits per heavy atom. The van der Waals surface area contributed by atoms with E-state index in [4.69, 9.17) is 0 Å². The number of hydrogen-bond acceptors (Lipinski definition) is 2. The summed E-state index contributed by atoms with van der Waals surface area (Å²) in [6, 6.07) is 11.2. The predicted molar refractivity (Wildman–Crippen MR) is 59.1 cm³/mol. The van der Waals surface area contributed by atoms with Gasteiger partial charge in [0.15, 0.2) is 0 Å². The first-order valence-corrected chi connectivity index (χ1v) is 4.72. The highest BCUT2D eigenvalue weighted by atomic mass is 16.3. The molecule has 0 spiro atoms. The summed E-state index contributed by atoms with van der Waals surface area (Å²) in [4.78, 5) is 0. The summed E-state index contributed by atoms with van der Waals surface area (Å²) in [5, 5.41) is 14.1. The Morgan fingerprint density at radius 3 is 2.67 bits per heavy atom. The van der Waals surface area contributed by atoms with Crippen LogP contribution in [0.3, 0.4) is 0 Å². The van der Waals surface area contributed by atoms with Crippen molar-refractivity contribution in [2.24, 2.45) is 0 Å². The van der Waals surface area contributed by atoms with E-state index >= 15 is 0 Å². The van der Waals surface area contributed by atoms with Gasteiger partial charge in [-0.1, -0.05) is 36.9 Å². The minimum Gasteiger partial charge on any atom is -0.382 e. The van der Waals surface area contributed by atoms with Crippen LogP contribution in [0.2, 0.25) is 0 Å². The number of nitrogens with zero attached hydrogens (tertiary/aromatic N) is 2. The molecule has 1 N–H and O–H groups in total. The molecule has 2 rings (SSSR count). The van der Waals surface area contributed by atoms with Gasteiger partial charge in [-0.3, -0.25) is 0 Å². The molecule has 0 saturated carbocycles. The maximum absolute atomic E-state index is 10.1. The van der Waals surface area contributed by atoms with Crippen LogP contribution in [-0.2, 0) is 0 Å². The molecular formula is C12H12N2O. The molecule has 1 heterocycles. The van der Waals surface area contributed by atoms with Gasteiger partial charge in [0.2, 0.25) is 0 Å². The Kier molecular flexibility index (Phi) is 2.65. The normalized spacial score (nSPS) is 12.3. The number of benzene rings is 1. The summed E-state index contributed by atoms with van der Waals surface area (Å²) in [5.41, 5.74) is 1.57. The maximum atomic E-state index is 10.1. The molecule has 76 valence electrons. The van der Waals surface area contributed by atoms with Crippen LogP contribution in [0.1, 0.15) is 17.4 Å². The van der Waals surface area contributed by atoms with Gasteiger partial charge in [-0.05, 0) is 11.6 Å². The van der Waals surface area contributed by atoms with Crippen molar-refractivity contribution in [1.29, 1.82) is 0 Å². The molecule has 0 fully saturated rings. The molecule has 0 aliphatic heterocycles. The van der Waals surface area contributed by atoms with Crippen LogP contribution in [0.4, 0.5) is 0 Å². The van der Waals surface area contributed by atoms with Crippen molar-refractivity contribution < 1.29 is 5.11 Å². The van der Waals surface area contributed by atoms with E-state index in [1.54, 1.807) is 23.1 Å². The minimum atomic E-state index is -0.660. The number of aliphatic hydroxyl groups excluding tert-OH is 1. The van der Waals surface area contributed by atoms with Crippen molar-refractivity contribution in [2.45, 2.75) is 6.10 Å². The number of aromatic nitrogens is 2. The number of rotatable bonds is 3. The molecule has 15 heavy (non-hydrogen) atoms. The molecule has 1 unspecified atom stereocenters. The lowest BCUT2D eigenvalue weighted by molar-refractivity contribution is 0.212. The standard InChI is InChI=1S/C12H12N2O/c1-2-14-11(8-9-13-14)12(15)10-6-4-3-5-7-10/h2-9,12,15H,1H2. The average molecular weight is 200 g/mol. The van der Waals surface area contributed by atoms with Crippen LogP contribution >= 0.6 is 0 Å². The van der Waals surface area contributed by atoms with Crippen LogP contribution in [-0.4, -0.2) is 14.9 Å². The van der Waals surface area contributed by atoms with Crippen molar-refractivity contribution in [3.05, 3.63) is 60.4 Å². The van der Waals surface area contributed by atoms with E-state index in [9.17, 15) is 5.11 Å². The molecular weight excluding hydrogens is 188 g/mol. The molecule has 0 amide bonds. The van der Waals surface area contributed by atoms with Crippen molar-refractivity contribution in [2.75, 3.05) is 0 Å².